The van der Waals surface area contributed by atoms with Crippen molar-refractivity contribution in [3.05, 3.63) is 16.8 Å². The minimum atomic E-state index is -1.000. The van der Waals surface area contributed by atoms with E-state index in [4.69, 9.17) is 4.74 Å². The van der Waals surface area contributed by atoms with Crippen LogP contribution < -0.4 is 5.32 Å². The van der Waals surface area contributed by atoms with Crippen LogP contribution in [0.1, 0.15) is 35.0 Å². The van der Waals surface area contributed by atoms with Crippen molar-refractivity contribution in [3.63, 3.8) is 0 Å². The van der Waals surface area contributed by atoms with Gasteiger partial charge in [-0.05, 0) is 25.8 Å². The second-order valence-electron chi connectivity index (χ2n) is 4.14. The van der Waals surface area contributed by atoms with Gasteiger partial charge in [0.05, 0.1) is 18.3 Å². The third-order valence-electron chi connectivity index (χ3n) is 2.87. The van der Waals surface area contributed by atoms with Crippen LogP contribution in [0.5, 0.6) is 0 Å². The lowest BCUT2D eigenvalue weighted by molar-refractivity contribution is 0.0696. The number of methoxy groups -OCH3 is 1. The van der Waals surface area contributed by atoms with E-state index < -0.39 is 5.97 Å². The van der Waals surface area contributed by atoms with E-state index in [1.54, 1.807) is 21.0 Å². The van der Waals surface area contributed by atoms with Crippen LogP contribution in [0.25, 0.3) is 0 Å². The molecule has 1 rings (SSSR count). The molecule has 1 aromatic heterocycles. The molecule has 0 bridgehead atoms. The van der Waals surface area contributed by atoms with Crippen LogP contribution in [0, 0.1) is 13.8 Å². The second kappa shape index (κ2) is 6.30. The van der Waals surface area contributed by atoms with Crippen molar-refractivity contribution in [2.75, 3.05) is 19.0 Å². The average Bonchev–Trinajstić information content (AvgIpc) is 2.32. The highest BCUT2D eigenvalue weighted by Crippen LogP contribution is 2.19. The maximum absolute atomic E-state index is 11.3. The monoisotopic (exact) mass is 253 g/mol. The van der Waals surface area contributed by atoms with Gasteiger partial charge in [0, 0.05) is 7.11 Å². The fourth-order valence-corrected chi connectivity index (χ4v) is 1.63. The van der Waals surface area contributed by atoms with Crippen molar-refractivity contribution in [2.45, 2.75) is 33.2 Å². The number of rotatable bonds is 6. The van der Waals surface area contributed by atoms with Gasteiger partial charge in [-0.3, -0.25) is 0 Å². The Morgan fingerprint density at radius 2 is 2.11 bits per heavy atom. The number of hydrogen-bond acceptors (Lipinski definition) is 5. The van der Waals surface area contributed by atoms with Crippen LogP contribution in [0.2, 0.25) is 0 Å². The molecule has 6 heteroatoms. The number of anilines is 1. The fourth-order valence-electron chi connectivity index (χ4n) is 1.63. The molecule has 2 N–H and O–H groups in total. The van der Waals surface area contributed by atoms with E-state index in [0.29, 0.717) is 23.7 Å². The van der Waals surface area contributed by atoms with Crippen molar-refractivity contribution in [2.24, 2.45) is 0 Å². The third-order valence-corrected chi connectivity index (χ3v) is 2.87. The molecule has 0 saturated carbocycles. The number of aromatic nitrogens is 2. The Labute approximate surface area is 106 Å². The first kappa shape index (κ1) is 14.4. The van der Waals surface area contributed by atoms with Gasteiger partial charge in [-0.15, -0.1) is 5.10 Å². The van der Waals surface area contributed by atoms with Crippen LogP contribution >= 0.6 is 0 Å². The van der Waals surface area contributed by atoms with Gasteiger partial charge in [-0.2, -0.15) is 5.10 Å². The summed E-state index contributed by atoms with van der Waals surface area (Å²) in [6.07, 6.45) is 0.807. The van der Waals surface area contributed by atoms with Crippen LogP contribution in [0.15, 0.2) is 0 Å². The summed E-state index contributed by atoms with van der Waals surface area (Å²) in [6, 6.07) is 0.0181. The maximum atomic E-state index is 11.3. The molecule has 0 aliphatic rings. The van der Waals surface area contributed by atoms with Gasteiger partial charge in [0.1, 0.15) is 5.56 Å². The molecule has 1 atom stereocenters. The van der Waals surface area contributed by atoms with Crippen LogP contribution in [0.3, 0.4) is 0 Å². The lowest BCUT2D eigenvalue weighted by Crippen LogP contribution is -2.26. The molecule has 0 spiro atoms. The lowest BCUT2D eigenvalue weighted by atomic mass is 10.1. The van der Waals surface area contributed by atoms with Crippen molar-refractivity contribution >= 4 is 11.8 Å². The van der Waals surface area contributed by atoms with Gasteiger partial charge in [0.2, 0.25) is 0 Å². The highest BCUT2D eigenvalue weighted by atomic mass is 16.5. The Bertz CT molecular complexity index is 435. The normalized spacial score (nSPS) is 12.2. The molecule has 0 amide bonds. The number of nitrogens with zero attached hydrogens (tertiary/aromatic N) is 2. The van der Waals surface area contributed by atoms with Gasteiger partial charge in [-0.25, -0.2) is 4.79 Å². The molecule has 18 heavy (non-hydrogen) atoms. The van der Waals surface area contributed by atoms with E-state index >= 15 is 0 Å². The average molecular weight is 253 g/mol. The standard InChI is InChI=1S/C12H19N3O3/c1-5-9(6-18-4)13-11-10(12(16)17)7(2)8(3)14-15-11/h9H,5-6H2,1-4H3,(H,13,15)(H,16,17). The molecule has 0 saturated heterocycles. The first-order valence-corrected chi connectivity index (χ1v) is 5.83. The second-order valence-corrected chi connectivity index (χ2v) is 4.14. The van der Waals surface area contributed by atoms with Crippen LogP contribution in [-0.4, -0.2) is 41.0 Å². The molecule has 0 aliphatic carbocycles. The Balaban J connectivity index is 3.08. The minimum absolute atomic E-state index is 0.0181. The molecule has 100 valence electrons. The van der Waals surface area contributed by atoms with Crippen molar-refractivity contribution in [3.8, 4) is 0 Å². The van der Waals surface area contributed by atoms with Gasteiger partial charge in [0.15, 0.2) is 5.82 Å². The number of nitrogens with one attached hydrogen (secondary N) is 1. The zero-order valence-electron chi connectivity index (χ0n) is 11.1. The van der Waals surface area contributed by atoms with E-state index in [1.165, 1.54) is 0 Å². The van der Waals surface area contributed by atoms with E-state index in [2.05, 4.69) is 15.5 Å². The minimum Gasteiger partial charge on any atom is -0.478 e. The number of carbonyl (C=O) groups is 1. The first-order chi connectivity index (χ1) is 8.51. The Morgan fingerprint density at radius 1 is 1.44 bits per heavy atom. The molecule has 0 aromatic carbocycles. The zero-order valence-corrected chi connectivity index (χ0v) is 11.1. The highest BCUT2D eigenvalue weighted by molar-refractivity contribution is 5.94. The molecule has 1 heterocycles. The predicted molar refractivity (Wildman–Crippen MR) is 68.0 cm³/mol. The van der Waals surface area contributed by atoms with E-state index in [-0.39, 0.29) is 11.6 Å². The van der Waals surface area contributed by atoms with Crippen molar-refractivity contribution < 1.29 is 14.6 Å². The zero-order chi connectivity index (χ0) is 13.7. The molecule has 0 fully saturated rings. The number of aromatic carboxylic acids is 1. The molecule has 0 aliphatic heterocycles. The molecule has 1 unspecified atom stereocenters. The quantitative estimate of drug-likeness (QED) is 0.801. The summed E-state index contributed by atoms with van der Waals surface area (Å²) in [5, 5.41) is 20.2. The fraction of sp³-hybridized carbons (Fsp3) is 0.583. The van der Waals surface area contributed by atoms with Crippen LogP contribution in [-0.2, 0) is 4.74 Å². The summed E-state index contributed by atoms with van der Waals surface area (Å²) in [4.78, 5) is 11.3. The summed E-state index contributed by atoms with van der Waals surface area (Å²) >= 11 is 0. The lowest BCUT2D eigenvalue weighted by Gasteiger charge is -2.18. The summed E-state index contributed by atoms with van der Waals surface area (Å²) in [7, 11) is 1.61. The van der Waals surface area contributed by atoms with Crippen LogP contribution in [0.4, 0.5) is 5.82 Å². The largest absolute Gasteiger partial charge is 0.478 e. The number of aryl methyl sites for hydroxylation is 1. The van der Waals surface area contributed by atoms with Gasteiger partial charge in [0.25, 0.3) is 0 Å². The SMILES string of the molecule is CCC(COC)Nc1nnc(C)c(C)c1C(=O)O. The first-order valence-electron chi connectivity index (χ1n) is 5.83. The molecule has 0 radical (unpaired) electrons. The van der Waals surface area contributed by atoms with E-state index in [0.717, 1.165) is 6.42 Å². The molecule has 1 aromatic rings. The highest BCUT2D eigenvalue weighted by Gasteiger charge is 2.19. The molecular weight excluding hydrogens is 234 g/mol. The van der Waals surface area contributed by atoms with Crippen molar-refractivity contribution in [1.29, 1.82) is 0 Å². The van der Waals surface area contributed by atoms with Gasteiger partial charge in [-0.1, -0.05) is 6.92 Å². The Kier molecular flexibility index (Phi) is 5.03. The number of hydrogen-bond donors (Lipinski definition) is 2. The molecular formula is C12H19N3O3. The number of carboxylic acids is 1. The summed E-state index contributed by atoms with van der Waals surface area (Å²) in [5.74, 6) is -0.699. The summed E-state index contributed by atoms with van der Waals surface area (Å²) in [6.45, 7) is 5.96. The topological polar surface area (TPSA) is 84.3 Å². The van der Waals surface area contributed by atoms with E-state index in [9.17, 15) is 9.90 Å². The maximum Gasteiger partial charge on any atom is 0.339 e. The smallest absolute Gasteiger partial charge is 0.339 e. The van der Waals surface area contributed by atoms with Gasteiger partial charge < -0.3 is 15.2 Å². The predicted octanol–water partition coefficient (Wildman–Crippen LogP) is 1.63. The summed E-state index contributed by atoms with van der Waals surface area (Å²) < 4.78 is 5.06. The molecule has 6 nitrogen and oxygen atoms in total. The number of ether oxygens (including phenoxy) is 1. The third kappa shape index (κ3) is 3.16. The van der Waals surface area contributed by atoms with E-state index in [1.807, 2.05) is 6.92 Å². The Hall–Kier alpha value is -1.69. The van der Waals surface area contributed by atoms with Gasteiger partial charge >= 0.3 is 5.97 Å². The summed E-state index contributed by atoms with van der Waals surface area (Å²) in [5.41, 5.74) is 1.43. The Morgan fingerprint density at radius 3 is 2.61 bits per heavy atom. The number of carboxylic acid groups (broad SMARTS) is 1. The van der Waals surface area contributed by atoms with Crippen molar-refractivity contribution in [1.82, 2.24) is 10.2 Å².